The summed E-state index contributed by atoms with van der Waals surface area (Å²) in [4.78, 5) is 2.47. The first-order chi connectivity index (χ1) is 31.7. The quantitative estimate of drug-likeness (QED) is 0.159. The van der Waals surface area contributed by atoms with E-state index in [1.54, 1.807) is 0 Å². The third kappa shape index (κ3) is 5.20. The van der Waals surface area contributed by atoms with Crippen molar-refractivity contribution in [2.75, 3.05) is 4.90 Å². The van der Waals surface area contributed by atoms with Crippen LogP contribution in [-0.4, -0.2) is 0 Å². The van der Waals surface area contributed by atoms with E-state index < -0.39 is 5.41 Å². The Bertz CT molecular complexity index is 3420. The number of allylic oxidation sites excluding steroid dienone is 8. The molecule has 0 radical (unpaired) electrons. The number of benzene rings is 8. The lowest BCUT2D eigenvalue weighted by Gasteiger charge is -2.51. The zero-order valence-corrected chi connectivity index (χ0v) is 35.5. The van der Waals surface area contributed by atoms with Gasteiger partial charge >= 0.3 is 0 Å². The molecule has 8 aromatic carbocycles. The van der Waals surface area contributed by atoms with Crippen LogP contribution in [0.25, 0.3) is 38.6 Å². The molecule has 0 amide bonds. The predicted octanol–water partition coefficient (Wildman–Crippen LogP) is 15.6. The van der Waals surface area contributed by atoms with Gasteiger partial charge in [-0.2, -0.15) is 0 Å². The molecule has 0 aliphatic heterocycles. The van der Waals surface area contributed by atoms with Gasteiger partial charge in [-0.25, -0.2) is 0 Å². The molecule has 64 heavy (non-hydrogen) atoms. The van der Waals surface area contributed by atoms with Gasteiger partial charge in [0, 0.05) is 27.8 Å². The number of rotatable bonds is 7. The van der Waals surface area contributed by atoms with Crippen molar-refractivity contribution in [1.29, 1.82) is 0 Å². The van der Waals surface area contributed by atoms with Gasteiger partial charge in [-0.1, -0.05) is 188 Å². The van der Waals surface area contributed by atoms with Crippen LogP contribution in [0.2, 0.25) is 0 Å². The minimum atomic E-state index is -0.585. The predicted molar refractivity (Wildman–Crippen MR) is 264 cm³/mol. The summed E-state index contributed by atoms with van der Waals surface area (Å²) in [5.74, 6) is 0.261. The maximum Gasteiger partial charge on any atom is 0.135 e. The second-order valence-corrected chi connectivity index (χ2v) is 17.8. The van der Waals surface area contributed by atoms with Gasteiger partial charge < -0.3 is 9.32 Å². The van der Waals surface area contributed by atoms with Gasteiger partial charge in [0.25, 0.3) is 0 Å². The average Bonchev–Trinajstić information content (AvgIpc) is 3.90. The van der Waals surface area contributed by atoms with E-state index in [1.165, 1.54) is 66.9 Å². The number of para-hydroxylation sites is 1. The Morgan fingerprint density at radius 1 is 0.484 bits per heavy atom. The minimum Gasteiger partial charge on any atom is -0.456 e. The summed E-state index contributed by atoms with van der Waals surface area (Å²) in [6, 6.07) is 72.4. The fourth-order valence-electron chi connectivity index (χ4n) is 12.2. The van der Waals surface area contributed by atoms with Crippen molar-refractivity contribution in [2.24, 2.45) is 5.92 Å². The highest BCUT2D eigenvalue weighted by atomic mass is 16.3. The zero-order chi connectivity index (χ0) is 42.2. The summed E-state index contributed by atoms with van der Waals surface area (Å²) in [5.41, 5.74) is 19.2. The van der Waals surface area contributed by atoms with Crippen LogP contribution in [0.15, 0.2) is 241 Å². The highest BCUT2D eigenvalue weighted by molar-refractivity contribution is 6.06. The van der Waals surface area contributed by atoms with Gasteiger partial charge in [-0.05, 0) is 129 Å². The van der Waals surface area contributed by atoms with Crippen LogP contribution in [-0.2, 0) is 10.8 Å². The van der Waals surface area contributed by atoms with E-state index >= 15 is 0 Å². The highest BCUT2D eigenvalue weighted by Gasteiger charge is 2.59. The van der Waals surface area contributed by atoms with Gasteiger partial charge in [-0.15, -0.1) is 0 Å². The van der Waals surface area contributed by atoms with Gasteiger partial charge in [0.1, 0.15) is 11.2 Å². The maximum atomic E-state index is 6.33. The van der Waals surface area contributed by atoms with Crippen LogP contribution >= 0.6 is 0 Å². The molecule has 3 unspecified atom stereocenters. The van der Waals surface area contributed by atoms with Crippen molar-refractivity contribution in [3.05, 3.63) is 281 Å². The first-order valence-corrected chi connectivity index (χ1v) is 22.7. The van der Waals surface area contributed by atoms with Crippen LogP contribution in [0.5, 0.6) is 0 Å². The Labute approximate surface area is 374 Å². The minimum absolute atomic E-state index is 0.261. The monoisotopic (exact) mass is 819 g/mol. The topological polar surface area (TPSA) is 16.4 Å². The van der Waals surface area contributed by atoms with Gasteiger partial charge in [0.05, 0.1) is 10.8 Å². The lowest BCUT2D eigenvalue weighted by atomic mass is 9.50. The summed E-state index contributed by atoms with van der Waals surface area (Å²) >= 11 is 0. The van der Waals surface area contributed by atoms with Crippen molar-refractivity contribution >= 4 is 38.9 Å². The fourth-order valence-corrected chi connectivity index (χ4v) is 12.2. The summed E-state index contributed by atoms with van der Waals surface area (Å²) in [5, 5.41) is 2.26. The molecule has 304 valence electrons. The Balaban J connectivity index is 1.04. The molecular weight excluding hydrogens is 775 g/mol. The van der Waals surface area contributed by atoms with E-state index in [9.17, 15) is 0 Å². The Morgan fingerprint density at radius 2 is 1.16 bits per heavy atom. The zero-order valence-electron chi connectivity index (χ0n) is 35.5. The van der Waals surface area contributed by atoms with Gasteiger partial charge in [-0.3, -0.25) is 0 Å². The van der Waals surface area contributed by atoms with Crippen molar-refractivity contribution in [3.63, 3.8) is 0 Å². The van der Waals surface area contributed by atoms with Gasteiger partial charge in [0.2, 0.25) is 0 Å². The van der Waals surface area contributed by atoms with E-state index in [2.05, 4.69) is 229 Å². The van der Waals surface area contributed by atoms with E-state index in [0.717, 1.165) is 52.6 Å². The van der Waals surface area contributed by atoms with E-state index in [4.69, 9.17) is 4.42 Å². The molecular formula is C62H45NO. The molecule has 0 bridgehead atoms. The smallest absolute Gasteiger partial charge is 0.135 e. The summed E-state index contributed by atoms with van der Waals surface area (Å²) in [7, 11) is 0. The molecule has 1 aromatic heterocycles. The molecule has 2 nitrogen and oxygen atoms in total. The molecule has 4 aliphatic rings. The number of furan rings is 1. The Kier molecular flexibility index (Phi) is 8.33. The number of anilines is 2. The fraction of sp³-hybridized carbons (Fsp3) is 0.0968. The number of hydrogen-bond donors (Lipinski definition) is 0. The molecule has 0 saturated heterocycles. The summed E-state index contributed by atoms with van der Waals surface area (Å²) in [6.45, 7) is 0. The lowest BCUT2D eigenvalue weighted by molar-refractivity contribution is 0.431. The molecule has 1 heterocycles. The standard InChI is InChI=1S/C62H45NO/c1-4-17-42(18-5-1)43-31-35-47(36-32-43)63(49-39-40-59-53(41-49)51-24-11-15-30-58(51)64-59)48-37-33-46(34-38-48)61(44-19-6-2-7-20-44)55-27-13-14-28-56(55)62(45-21-8-3-9-22-45)54-26-12-10-23-50(54)52-25-16-29-57(61)60(52)62/h1-21,23-31,33-35,37-41,45H,22,32,36H2. The molecule has 2 heteroatoms. The second-order valence-electron chi connectivity index (χ2n) is 17.8. The normalized spacial score (nSPS) is 20.3. The average molecular weight is 820 g/mol. The first-order valence-electron chi connectivity index (χ1n) is 22.7. The number of hydrogen-bond acceptors (Lipinski definition) is 2. The van der Waals surface area contributed by atoms with Crippen LogP contribution in [0.3, 0.4) is 0 Å². The van der Waals surface area contributed by atoms with Crippen LogP contribution in [0.4, 0.5) is 11.4 Å². The van der Waals surface area contributed by atoms with Crippen molar-refractivity contribution in [1.82, 2.24) is 0 Å². The molecule has 4 aliphatic carbocycles. The van der Waals surface area contributed by atoms with E-state index in [1.807, 2.05) is 6.07 Å². The highest BCUT2D eigenvalue weighted by Crippen LogP contribution is 2.66. The first kappa shape index (κ1) is 36.9. The van der Waals surface area contributed by atoms with Crippen molar-refractivity contribution < 1.29 is 4.42 Å². The molecule has 0 spiro atoms. The van der Waals surface area contributed by atoms with E-state index in [-0.39, 0.29) is 11.3 Å². The van der Waals surface area contributed by atoms with E-state index in [0.29, 0.717) is 0 Å². The molecule has 0 fully saturated rings. The van der Waals surface area contributed by atoms with Gasteiger partial charge in [0.15, 0.2) is 0 Å². The second kappa shape index (κ2) is 14.4. The van der Waals surface area contributed by atoms with Crippen molar-refractivity contribution in [3.8, 4) is 11.1 Å². The molecule has 0 N–H and O–H groups in total. The SMILES string of the molecule is C1=CCC(C23c4ccccc4-c4cccc(c42)C(c2ccccc2)(c2ccc(N(C4=CC=C(c5ccccc5)CC4)c4ccc5oc6ccccc6c5c4)cc2)c2ccccc23)C=C1. The summed E-state index contributed by atoms with van der Waals surface area (Å²) in [6.07, 6.45) is 16.8. The van der Waals surface area contributed by atoms with Crippen molar-refractivity contribution in [2.45, 2.75) is 30.1 Å². The molecule has 13 rings (SSSR count). The van der Waals surface area contributed by atoms with Crippen LogP contribution < -0.4 is 4.90 Å². The Morgan fingerprint density at radius 3 is 1.95 bits per heavy atom. The third-order valence-corrected chi connectivity index (χ3v) is 14.7. The number of fused-ring (bicyclic) bond motifs is 8. The lowest BCUT2D eigenvalue weighted by Crippen LogP contribution is -2.47. The largest absolute Gasteiger partial charge is 0.456 e. The Hall–Kier alpha value is -7.68. The number of nitrogens with zero attached hydrogens (tertiary/aromatic N) is 1. The molecule has 9 aromatic rings. The maximum absolute atomic E-state index is 6.33. The van der Waals surface area contributed by atoms with Crippen LogP contribution in [0, 0.1) is 5.92 Å². The summed E-state index contributed by atoms with van der Waals surface area (Å²) < 4.78 is 6.33. The third-order valence-electron chi connectivity index (χ3n) is 14.7. The molecule has 3 atom stereocenters. The molecule has 0 saturated carbocycles. The van der Waals surface area contributed by atoms with Crippen LogP contribution in [0.1, 0.15) is 63.8 Å².